The van der Waals surface area contributed by atoms with E-state index in [-0.39, 0.29) is 12.8 Å². The maximum Gasteiger partial charge on any atom is 0.218 e. The lowest BCUT2D eigenvalue weighted by molar-refractivity contribution is 0.220. The van der Waals surface area contributed by atoms with Crippen molar-refractivity contribution in [3.8, 4) is 5.75 Å². The van der Waals surface area contributed by atoms with Crippen molar-refractivity contribution in [2.24, 2.45) is 10.2 Å². The first-order valence-corrected chi connectivity index (χ1v) is 6.68. The summed E-state index contributed by atoms with van der Waals surface area (Å²) in [5, 5.41) is 9.40. The highest BCUT2D eigenvalue weighted by molar-refractivity contribution is 7.80. The maximum atomic E-state index is 6.01. The quantitative estimate of drug-likeness (QED) is 0.610. The van der Waals surface area contributed by atoms with Crippen molar-refractivity contribution in [3.63, 3.8) is 0 Å². The van der Waals surface area contributed by atoms with E-state index in [1.54, 1.807) is 24.3 Å². The molecule has 4 nitrogen and oxygen atoms in total. The molecule has 2 rings (SSSR count). The van der Waals surface area contributed by atoms with Gasteiger partial charge in [0, 0.05) is 17.6 Å². The zero-order valence-corrected chi connectivity index (χ0v) is 12.3. The monoisotopic (exact) mass is 315 g/mol. The van der Waals surface area contributed by atoms with Crippen LogP contribution < -0.4 is 4.74 Å². The van der Waals surface area contributed by atoms with E-state index in [9.17, 15) is 0 Å². The van der Waals surface area contributed by atoms with Crippen molar-refractivity contribution in [2.75, 3.05) is 13.2 Å². The van der Waals surface area contributed by atoms with Crippen LogP contribution in [0.3, 0.4) is 0 Å². The molecule has 1 aromatic rings. The third-order valence-electron chi connectivity index (χ3n) is 2.49. The van der Waals surface area contributed by atoms with Gasteiger partial charge in [-0.2, -0.15) is 5.11 Å². The van der Waals surface area contributed by atoms with Crippen molar-refractivity contribution >= 4 is 40.5 Å². The minimum Gasteiger partial charge on any atom is -0.488 e. The minimum absolute atomic E-state index is 0.263. The molecule has 0 aliphatic carbocycles. The van der Waals surface area contributed by atoms with Gasteiger partial charge in [0.2, 0.25) is 5.11 Å². The van der Waals surface area contributed by atoms with Crippen LogP contribution in [0.4, 0.5) is 0 Å². The van der Waals surface area contributed by atoms with Crippen molar-refractivity contribution in [1.29, 1.82) is 0 Å². The molecule has 0 N–H and O–H groups in total. The van der Waals surface area contributed by atoms with Gasteiger partial charge in [-0.25, -0.2) is 0 Å². The second-order valence-electron chi connectivity index (χ2n) is 3.81. The first-order valence-electron chi connectivity index (χ1n) is 5.52. The van der Waals surface area contributed by atoms with Crippen LogP contribution in [0.15, 0.2) is 41.1 Å². The molecule has 19 heavy (non-hydrogen) atoms. The Bertz CT molecular complexity index is 536. The topological polar surface area (TPSA) is 37.2 Å². The van der Waals surface area contributed by atoms with E-state index in [0.29, 0.717) is 27.5 Å². The van der Waals surface area contributed by atoms with E-state index in [0.717, 1.165) is 0 Å². The summed E-state index contributed by atoms with van der Waals surface area (Å²) in [5.41, 5.74) is 0. The van der Waals surface area contributed by atoms with Crippen LogP contribution >= 0.6 is 35.4 Å². The van der Waals surface area contributed by atoms with Crippen molar-refractivity contribution < 1.29 is 4.74 Å². The summed E-state index contributed by atoms with van der Waals surface area (Å²) in [5.74, 6) is 0.515. The first-order chi connectivity index (χ1) is 9.11. The van der Waals surface area contributed by atoms with Crippen molar-refractivity contribution in [2.45, 2.75) is 6.17 Å². The van der Waals surface area contributed by atoms with Crippen LogP contribution in [-0.2, 0) is 0 Å². The predicted molar refractivity (Wildman–Crippen MR) is 80.1 cm³/mol. The van der Waals surface area contributed by atoms with Gasteiger partial charge in [0.15, 0.2) is 6.17 Å². The Balaban J connectivity index is 2.02. The van der Waals surface area contributed by atoms with E-state index in [2.05, 4.69) is 16.8 Å². The molecule has 1 heterocycles. The second kappa shape index (κ2) is 6.32. The van der Waals surface area contributed by atoms with Crippen molar-refractivity contribution in [1.82, 2.24) is 4.90 Å². The van der Waals surface area contributed by atoms with Gasteiger partial charge >= 0.3 is 0 Å². The number of thiocarbonyl (C=S) groups is 1. The molecule has 1 atom stereocenters. The number of benzene rings is 1. The number of azo groups is 1. The van der Waals surface area contributed by atoms with Crippen LogP contribution in [0, 0.1) is 0 Å². The Labute approximate surface area is 126 Å². The summed E-state index contributed by atoms with van der Waals surface area (Å²) in [6.07, 6.45) is 1.47. The summed E-state index contributed by atoms with van der Waals surface area (Å²) in [6, 6.07) is 5.04. The van der Waals surface area contributed by atoms with Crippen LogP contribution in [-0.4, -0.2) is 29.3 Å². The third-order valence-corrected chi connectivity index (χ3v) is 3.35. The number of ether oxygens (including phenoxy) is 1. The Morgan fingerprint density at radius 1 is 1.47 bits per heavy atom. The molecule has 0 saturated carbocycles. The molecule has 0 bridgehead atoms. The van der Waals surface area contributed by atoms with Gasteiger partial charge in [-0.1, -0.05) is 29.3 Å². The average molecular weight is 316 g/mol. The van der Waals surface area contributed by atoms with Crippen LogP contribution in [0.5, 0.6) is 5.75 Å². The number of rotatable bonds is 5. The van der Waals surface area contributed by atoms with E-state index < -0.39 is 0 Å². The molecule has 1 aliphatic rings. The molecule has 0 aromatic heterocycles. The average Bonchev–Trinajstić information content (AvgIpc) is 2.73. The number of nitrogens with zero attached hydrogens (tertiary/aromatic N) is 3. The summed E-state index contributed by atoms with van der Waals surface area (Å²) < 4.78 is 5.62. The molecule has 1 aliphatic heterocycles. The molecule has 1 aromatic carbocycles. The van der Waals surface area contributed by atoms with Crippen LogP contribution in [0.2, 0.25) is 10.0 Å². The fraction of sp³-hybridized carbons (Fsp3) is 0.250. The van der Waals surface area contributed by atoms with Gasteiger partial charge < -0.3 is 9.64 Å². The molecular formula is C12H11Cl2N3OS. The summed E-state index contributed by atoms with van der Waals surface area (Å²) in [6.45, 7) is 4.53. The van der Waals surface area contributed by atoms with Crippen molar-refractivity contribution in [3.05, 3.63) is 40.9 Å². The van der Waals surface area contributed by atoms with Gasteiger partial charge in [-0.05, 0) is 24.4 Å². The zero-order chi connectivity index (χ0) is 13.8. The van der Waals surface area contributed by atoms with Crippen LogP contribution in [0.25, 0.3) is 0 Å². The van der Waals surface area contributed by atoms with Gasteiger partial charge in [-0.15, -0.1) is 11.7 Å². The lowest BCUT2D eigenvalue weighted by atomic mass is 10.3. The first kappa shape index (κ1) is 14.2. The van der Waals surface area contributed by atoms with E-state index in [1.165, 1.54) is 0 Å². The molecule has 0 saturated heterocycles. The number of hydrogen-bond acceptors (Lipinski definition) is 3. The van der Waals surface area contributed by atoms with E-state index in [1.807, 2.05) is 4.90 Å². The molecular weight excluding hydrogens is 305 g/mol. The molecule has 1 unspecified atom stereocenters. The Hall–Kier alpha value is -1.17. The Kier molecular flexibility index (Phi) is 4.74. The lowest BCUT2D eigenvalue weighted by Crippen LogP contribution is -2.36. The Morgan fingerprint density at radius 3 is 3.00 bits per heavy atom. The lowest BCUT2D eigenvalue weighted by Gasteiger charge is -2.21. The molecule has 0 amide bonds. The smallest absolute Gasteiger partial charge is 0.218 e. The summed E-state index contributed by atoms with van der Waals surface area (Å²) in [4.78, 5) is 1.82. The van der Waals surface area contributed by atoms with Gasteiger partial charge in [0.1, 0.15) is 12.4 Å². The highest BCUT2D eigenvalue weighted by Gasteiger charge is 2.26. The summed E-state index contributed by atoms with van der Waals surface area (Å²) in [7, 11) is 0. The number of halogens is 2. The highest BCUT2D eigenvalue weighted by atomic mass is 35.5. The number of hydrogen-bond donors (Lipinski definition) is 0. The Morgan fingerprint density at radius 2 is 2.26 bits per heavy atom. The standard InChI is InChI=1S/C12H11Cl2N3OS/c1-2-5-17-11(15-16-12(17)19)7-18-10-6-8(13)3-4-9(10)14/h2-4,6,11H,1,5,7H2. The normalized spacial score (nSPS) is 17.9. The van der Waals surface area contributed by atoms with E-state index >= 15 is 0 Å². The molecule has 0 fully saturated rings. The SMILES string of the molecule is C=CCN1C(=S)N=NC1COc1cc(Cl)ccc1Cl. The molecule has 7 heteroatoms. The van der Waals surface area contributed by atoms with E-state index in [4.69, 9.17) is 40.2 Å². The largest absolute Gasteiger partial charge is 0.488 e. The molecule has 100 valence electrons. The zero-order valence-electron chi connectivity index (χ0n) is 9.92. The second-order valence-corrected chi connectivity index (χ2v) is 5.01. The molecule has 0 spiro atoms. The fourth-order valence-corrected chi connectivity index (χ4v) is 2.16. The maximum absolute atomic E-state index is 6.01. The highest BCUT2D eigenvalue weighted by Crippen LogP contribution is 2.28. The fourth-order valence-electron chi connectivity index (χ4n) is 1.58. The van der Waals surface area contributed by atoms with Gasteiger partial charge in [0.25, 0.3) is 0 Å². The third kappa shape index (κ3) is 3.43. The van der Waals surface area contributed by atoms with Gasteiger partial charge in [-0.3, -0.25) is 0 Å². The summed E-state index contributed by atoms with van der Waals surface area (Å²) >= 11 is 17.0. The minimum atomic E-state index is -0.263. The van der Waals surface area contributed by atoms with Gasteiger partial charge in [0.05, 0.1) is 5.02 Å². The van der Waals surface area contributed by atoms with Crippen LogP contribution in [0.1, 0.15) is 0 Å². The molecule has 0 radical (unpaired) electrons. The predicted octanol–water partition coefficient (Wildman–Crippen LogP) is 3.94.